The number of aliphatic hydroxyl groups is 1. The average Bonchev–Trinajstić information content (AvgIpc) is 2.48. The molecule has 0 fully saturated rings. The highest BCUT2D eigenvalue weighted by Crippen LogP contribution is 2.31. The molecule has 2 rings (SSSR count). The van der Waals surface area contributed by atoms with E-state index in [-0.39, 0.29) is 11.6 Å². The molecule has 0 amide bonds. The molecule has 0 aliphatic rings. The van der Waals surface area contributed by atoms with E-state index in [1.165, 1.54) is 19.1 Å². The van der Waals surface area contributed by atoms with Crippen LogP contribution < -0.4 is 5.32 Å². The number of aryl methyl sites for hydroxylation is 1. The molecule has 2 aromatic rings. The van der Waals surface area contributed by atoms with Crippen molar-refractivity contribution in [3.63, 3.8) is 0 Å². The first-order valence-electron chi connectivity index (χ1n) is 7.81. The largest absolute Gasteiger partial charge is 0.416 e. The van der Waals surface area contributed by atoms with E-state index in [1.54, 1.807) is 0 Å². The summed E-state index contributed by atoms with van der Waals surface area (Å²) in [6, 6.07) is 12.7. The zero-order valence-electron chi connectivity index (χ0n) is 14.0. The normalized spacial score (nSPS) is 15.8. The van der Waals surface area contributed by atoms with Gasteiger partial charge in [0.2, 0.25) is 0 Å². The minimum absolute atomic E-state index is 0.114. The maximum absolute atomic E-state index is 12.8. The fourth-order valence-electron chi connectivity index (χ4n) is 2.69. The van der Waals surface area contributed by atoms with Crippen LogP contribution in [0.2, 0.25) is 0 Å². The third kappa shape index (κ3) is 4.82. The van der Waals surface area contributed by atoms with Gasteiger partial charge in [-0.1, -0.05) is 42.0 Å². The van der Waals surface area contributed by atoms with Crippen molar-refractivity contribution in [2.45, 2.75) is 45.1 Å². The van der Waals surface area contributed by atoms with Crippen LogP contribution in [0, 0.1) is 6.92 Å². The molecule has 2 aromatic carbocycles. The van der Waals surface area contributed by atoms with Crippen LogP contribution >= 0.6 is 0 Å². The molecule has 0 saturated heterocycles. The quantitative estimate of drug-likeness (QED) is 0.793. The predicted octanol–water partition coefficient (Wildman–Crippen LogP) is 4.40. The van der Waals surface area contributed by atoms with Crippen LogP contribution in [0.15, 0.2) is 48.5 Å². The molecule has 0 heterocycles. The summed E-state index contributed by atoms with van der Waals surface area (Å²) in [6.45, 7) is 5.36. The summed E-state index contributed by atoms with van der Waals surface area (Å²) in [7, 11) is 0. The molecule has 24 heavy (non-hydrogen) atoms. The Bertz CT molecular complexity index is 678. The molecule has 130 valence electrons. The topological polar surface area (TPSA) is 32.3 Å². The molecule has 0 saturated carbocycles. The number of rotatable bonds is 5. The smallest absolute Gasteiger partial charge is 0.372 e. The Balaban J connectivity index is 2.11. The minimum atomic E-state index is -4.43. The Kier molecular flexibility index (Phi) is 5.35. The molecule has 0 aromatic heterocycles. The number of nitrogens with one attached hydrogen (secondary N) is 1. The molecule has 2 nitrogen and oxygen atoms in total. The zero-order valence-corrected chi connectivity index (χ0v) is 14.0. The Morgan fingerprint density at radius 3 is 2.21 bits per heavy atom. The lowest BCUT2D eigenvalue weighted by molar-refractivity contribution is -0.137. The van der Waals surface area contributed by atoms with Gasteiger partial charge in [-0.25, -0.2) is 0 Å². The average molecular weight is 337 g/mol. The minimum Gasteiger partial charge on any atom is -0.372 e. The van der Waals surface area contributed by atoms with Gasteiger partial charge in [0, 0.05) is 6.04 Å². The van der Waals surface area contributed by atoms with E-state index in [2.05, 4.69) is 5.32 Å². The molecule has 0 unspecified atom stereocenters. The van der Waals surface area contributed by atoms with Crippen molar-refractivity contribution >= 4 is 0 Å². The van der Waals surface area contributed by atoms with Gasteiger partial charge >= 0.3 is 6.18 Å². The zero-order chi connectivity index (χ0) is 18.0. The molecule has 2 atom stereocenters. The van der Waals surface area contributed by atoms with E-state index in [9.17, 15) is 18.3 Å². The lowest BCUT2D eigenvalue weighted by atomic mass is 9.99. The van der Waals surface area contributed by atoms with Crippen molar-refractivity contribution < 1.29 is 18.3 Å². The fourth-order valence-corrected chi connectivity index (χ4v) is 2.69. The van der Waals surface area contributed by atoms with Crippen LogP contribution in [0.1, 0.15) is 36.1 Å². The van der Waals surface area contributed by atoms with Crippen molar-refractivity contribution in [2.24, 2.45) is 0 Å². The van der Waals surface area contributed by atoms with Crippen LogP contribution in [0.25, 0.3) is 0 Å². The number of hydrogen-bond acceptors (Lipinski definition) is 2. The van der Waals surface area contributed by atoms with Crippen LogP contribution in [-0.2, 0) is 18.3 Å². The molecule has 2 N–H and O–H groups in total. The number of alkyl halides is 3. The lowest BCUT2D eigenvalue weighted by Gasteiger charge is -2.30. The van der Waals surface area contributed by atoms with Crippen LogP contribution in [0.3, 0.4) is 0 Å². The van der Waals surface area contributed by atoms with Crippen molar-refractivity contribution in [1.29, 1.82) is 0 Å². The van der Waals surface area contributed by atoms with E-state index >= 15 is 0 Å². The van der Waals surface area contributed by atoms with Gasteiger partial charge in [0.1, 0.15) is 5.72 Å². The Morgan fingerprint density at radius 1 is 1.04 bits per heavy atom. The number of hydrogen-bond donors (Lipinski definition) is 2. The van der Waals surface area contributed by atoms with E-state index in [0.29, 0.717) is 6.42 Å². The van der Waals surface area contributed by atoms with Crippen molar-refractivity contribution in [2.75, 3.05) is 0 Å². The van der Waals surface area contributed by atoms with Gasteiger partial charge < -0.3 is 5.11 Å². The van der Waals surface area contributed by atoms with Crippen molar-refractivity contribution in [1.82, 2.24) is 5.32 Å². The van der Waals surface area contributed by atoms with Gasteiger partial charge in [-0.3, -0.25) is 5.32 Å². The lowest BCUT2D eigenvalue weighted by Crippen LogP contribution is -2.45. The van der Waals surface area contributed by atoms with Gasteiger partial charge in [0.25, 0.3) is 0 Å². The van der Waals surface area contributed by atoms with Crippen LogP contribution in [0.5, 0.6) is 0 Å². The molecule has 0 spiro atoms. The Labute approximate surface area is 140 Å². The first-order valence-corrected chi connectivity index (χ1v) is 7.81. The first kappa shape index (κ1) is 18.5. The number of benzene rings is 2. The third-order valence-corrected chi connectivity index (χ3v) is 3.94. The highest BCUT2D eigenvalue weighted by atomic mass is 19.4. The van der Waals surface area contributed by atoms with Crippen LogP contribution in [0.4, 0.5) is 13.2 Å². The fraction of sp³-hybridized carbons (Fsp3) is 0.368. The number of halogens is 3. The highest BCUT2D eigenvalue weighted by molar-refractivity contribution is 5.29. The molecule has 0 aliphatic carbocycles. The summed E-state index contributed by atoms with van der Waals surface area (Å²) in [5.74, 6) is 0. The molecular weight excluding hydrogens is 315 g/mol. The van der Waals surface area contributed by atoms with Gasteiger partial charge in [-0.2, -0.15) is 13.2 Å². The van der Waals surface area contributed by atoms with Gasteiger partial charge in [0.15, 0.2) is 0 Å². The Hall–Kier alpha value is -1.85. The predicted molar refractivity (Wildman–Crippen MR) is 88.5 cm³/mol. The second kappa shape index (κ2) is 6.95. The van der Waals surface area contributed by atoms with E-state index in [0.717, 1.165) is 23.3 Å². The molecule has 0 aliphatic heterocycles. The SMILES string of the molecule is Cc1ccc(C[C@@H](C)N[C@](C)(O)c2cccc(C(F)(F)F)c2)cc1. The summed E-state index contributed by atoms with van der Waals surface area (Å²) in [4.78, 5) is 0. The second-order valence-corrected chi connectivity index (χ2v) is 6.39. The molecule has 0 bridgehead atoms. The second-order valence-electron chi connectivity index (χ2n) is 6.39. The van der Waals surface area contributed by atoms with Gasteiger partial charge in [-0.15, -0.1) is 0 Å². The molecule has 5 heteroatoms. The van der Waals surface area contributed by atoms with Crippen molar-refractivity contribution in [3.8, 4) is 0 Å². The summed E-state index contributed by atoms with van der Waals surface area (Å²) < 4.78 is 38.5. The van der Waals surface area contributed by atoms with E-state index < -0.39 is 17.5 Å². The first-order chi connectivity index (χ1) is 11.1. The summed E-state index contributed by atoms with van der Waals surface area (Å²) in [5.41, 5.74) is 0.128. The van der Waals surface area contributed by atoms with Crippen molar-refractivity contribution in [3.05, 3.63) is 70.8 Å². The van der Waals surface area contributed by atoms with Crippen LogP contribution in [-0.4, -0.2) is 11.1 Å². The maximum Gasteiger partial charge on any atom is 0.416 e. The standard InChI is InChI=1S/C19H22F3NO/c1-13-7-9-15(10-8-13)11-14(2)23-18(3,24)16-5-4-6-17(12-16)19(20,21)22/h4-10,12,14,23-24H,11H2,1-3H3/t14-,18-/m1/s1. The summed E-state index contributed by atoms with van der Waals surface area (Å²) in [6.07, 6.45) is -3.77. The Morgan fingerprint density at radius 2 is 1.62 bits per heavy atom. The van der Waals surface area contributed by atoms with E-state index in [1.807, 2.05) is 38.1 Å². The maximum atomic E-state index is 12.8. The van der Waals surface area contributed by atoms with E-state index in [4.69, 9.17) is 0 Å². The highest BCUT2D eigenvalue weighted by Gasteiger charge is 2.33. The van der Waals surface area contributed by atoms with Gasteiger partial charge in [0.05, 0.1) is 5.56 Å². The van der Waals surface area contributed by atoms with Gasteiger partial charge in [-0.05, 0) is 50.5 Å². The molecule has 0 radical (unpaired) electrons. The monoisotopic (exact) mass is 337 g/mol. The summed E-state index contributed by atoms with van der Waals surface area (Å²) >= 11 is 0. The summed E-state index contributed by atoms with van der Waals surface area (Å²) in [5, 5.41) is 13.6. The molecular formula is C19H22F3NO. The third-order valence-electron chi connectivity index (χ3n) is 3.94.